The van der Waals surface area contributed by atoms with Crippen LogP contribution in [0.3, 0.4) is 0 Å². The molecule has 1 aliphatic carbocycles. The average Bonchev–Trinajstić information content (AvgIpc) is 2.79. The van der Waals surface area contributed by atoms with Crippen LogP contribution in [-0.2, 0) is 14.9 Å². The van der Waals surface area contributed by atoms with E-state index in [1.165, 1.54) is 7.11 Å². The van der Waals surface area contributed by atoms with Crippen LogP contribution in [0.5, 0.6) is 0 Å². The van der Waals surface area contributed by atoms with Crippen LogP contribution in [0, 0.1) is 6.07 Å². The minimum absolute atomic E-state index is 0.0915. The number of rotatable bonds is 2. The fourth-order valence-corrected chi connectivity index (χ4v) is 2.49. The molecule has 0 amide bonds. The summed E-state index contributed by atoms with van der Waals surface area (Å²) in [5.41, 5.74) is 0.690. The molecule has 1 fully saturated rings. The Morgan fingerprint density at radius 3 is 2.47 bits per heavy atom. The van der Waals surface area contributed by atoms with Crippen molar-refractivity contribution in [2.75, 3.05) is 7.11 Å². The van der Waals surface area contributed by atoms with Crippen molar-refractivity contribution in [1.82, 2.24) is 0 Å². The van der Waals surface area contributed by atoms with Crippen LogP contribution < -0.4 is 0 Å². The number of benzene rings is 1. The Labute approximate surface area is 90.3 Å². The van der Waals surface area contributed by atoms with Gasteiger partial charge in [-0.05, 0) is 24.5 Å². The number of hydrogen-bond donors (Lipinski definition) is 0. The molecule has 2 heteroatoms. The van der Waals surface area contributed by atoms with Gasteiger partial charge in [0.05, 0.1) is 12.5 Å². The lowest BCUT2D eigenvalue weighted by Crippen LogP contribution is -2.33. The predicted octanol–water partition coefficient (Wildman–Crippen LogP) is 2.47. The van der Waals surface area contributed by atoms with Crippen LogP contribution in [0.4, 0.5) is 0 Å². The summed E-state index contributed by atoms with van der Waals surface area (Å²) >= 11 is 0. The molecule has 0 heterocycles. The van der Waals surface area contributed by atoms with Gasteiger partial charge in [0.25, 0.3) is 0 Å². The van der Waals surface area contributed by atoms with Crippen LogP contribution in [-0.4, -0.2) is 13.1 Å². The number of carbonyl (C=O) groups is 1. The molecule has 0 saturated heterocycles. The van der Waals surface area contributed by atoms with E-state index >= 15 is 0 Å². The van der Waals surface area contributed by atoms with Gasteiger partial charge in [-0.25, -0.2) is 0 Å². The van der Waals surface area contributed by atoms with Crippen molar-refractivity contribution in [3.8, 4) is 0 Å². The van der Waals surface area contributed by atoms with E-state index in [4.69, 9.17) is 4.74 Å². The maximum absolute atomic E-state index is 11.9. The molecule has 79 valence electrons. The predicted molar refractivity (Wildman–Crippen MR) is 57.4 cm³/mol. The maximum atomic E-state index is 11.9. The van der Waals surface area contributed by atoms with E-state index in [0.29, 0.717) is 0 Å². The normalized spacial score (nSPS) is 18.7. The standard InChI is InChI=1S/C13H15O2/c1-15-12(14)13(9-5-6-10-13)11-7-3-2-4-8-11/h3-4,7-8H,5-6,9-10H2,1H3. The summed E-state index contributed by atoms with van der Waals surface area (Å²) in [5.74, 6) is -0.0915. The smallest absolute Gasteiger partial charge is 0.316 e. The first-order valence-electron chi connectivity index (χ1n) is 5.34. The van der Waals surface area contributed by atoms with Crippen molar-refractivity contribution >= 4 is 5.97 Å². The second-order valence-electron chi connectivity index (χ2n) is 4.07. The lowest BCUT2D eigenvalue weighted by molar-refractivity contribution is -0.147. The summed E-state index contributed by atoms with van der Waals surface area (Å²) in [4.78, 5) is 11.9. The Morgan fingerprint density at radius 2 is 1.93 bits per heavy atom. The third-order valence-corrected chi connectivity index (χ3v) is 3.30. The summed E-state index contributed by atoms with van der Waals surface area (Å²) in [5, 5.41) is 0. The number of ether oxygens (including phenoxy) is 1. The number of methoxy groups -OCH3 is 1. The maximum Gasteiger partial charge on any atom is 0.316 e. The molecule has 1 aromatic rings. The lowest BCUT2D eigenvalue weighted by atomic mass is 9.79. The molecule has 0 unspecified atom stereocenters. The molecule has 0 spiro atoms. The quantitative estimate of drug-likeness (QED) is 0.690. The Bertz CT molecular complexity index is 337. The summed E-state index contributed by atoms with van der Waals surface area (Å²) < 4.78 is 4.94. The first-order valence-corrected chi connectivity index (χ1v) is 5.34. The van der Waals surface area contributed by atoms with Crippen LogP contribution >= 0.6 is 0 Å². The Morgan fingerprint density at radius 1 is 1.33 bits per heavy atom. The highest BCUT2D eigenvalue weighted by Gasteiger charge is 2.43. The van der Waals surface area contributed by atoms with Gasteiger partial charge < -0.3 is 4.74 Å². The summed E-state index contributed by atoms with van der Waals surface area (Å²) in [6, 6.07) is 10.6. The highest BCUT2D eigenvalue weighted by atomic mass is 16.5. The van der Waals surface area contributed by atoms with E-state index in [0.717, 1.165) is 31.2 Å². The van der Waals surface area contributed by atoms with Crippen LogP contribution in [0.2, 0.25) is 0 Å². The topological polar surface area (TPSA) is 26.3 Å². The third-order valence-electron chi connectivity index (χ3n) is 3.30. The summed E-state index contributed by atoms with van der Waals surface area (Å²) in [6.45, 7) is 0. The van der Waals surface area contributed by atoms with E-state index in [1.807, 2.05) is 24.3 Å². The number of hydrogen-bond acceptors (Lipinski definition) is 2. The zero-order valence-corrected chi connectivity index (χ0v) is 8.95. The minimum atomic E-state index is -0.385. The van der Waals surface area contributed by atoms with Gasteiger partial charge in [-0.2, -0.15) is 0 Å². The molecule has 0 atom stereocenters. The van der Waals surface area contributed by atoms with Gasteiger partial charge in [-0.15, -0.1) is 0 Å². The second kappa shape index (κ2) is 4.05. The molecular formula is C13H15O2. The lowest BCUT2D eigenvalue weighted by Gasteiger charge is -2.26. The molecule has 0 N–H and O–H groups in total. The summed E-state index contributed by atoms with van der Waals surface area (Å²) in [6.07, 6.45) is 4.02. The minimum Gasteiger partial charge on any atom is -0.468 e. The van der Waals surface area contributed by atoms with Crippen LogP contribution in [0.1, 0.15) is 31.2 Å². The van der Waals surface area contributed by atoms with E-state index < -0.39 is 0 Å². The Kier molecular flexibility index (Phi) is 2.76. The van der Waals surface area contributed by atoms with Gasteiger partial charge in [0.2, 0.25) is 0 Å². The van der Waals surface area contributed by atoms with Crippen LogP contribution in [0.25, 0.3) is 0 Å². The van der Waals surface area contributed by atoms with Gasteiger partial charge in [-0.1, -0.05) is 37.1 Å². The van der Waals surface area contributed by atoms with Crippen molar-refractivity contribution in [1.29, 1.82) is 0 Å². The molecule has 2 rings (SSSR count). The van der Waals surface area contributed by atoms with Crippen molar-refractivity contribution in [2.24, 2.45) is 0 Å². The monoisotopic (exact) mass is 203 g/mol. The molecule has 1 aliphatic rings. The Hall–Kier alpha value is -1.31. The zero-order valence-electron chi connectivity index (χ0n) is 8.95. The van der Waals surface area contributed by atoms with E-state index in [2.05, 4.69) is 6.07 Å². The first-order chi connectivity index (χ1) is 7.29. The van der Waals surface area contributed by atoms with E-state index in [-0.39, 0.29) is 11.4 Å². The van der Waals surface area contributed by atoms with Gasteiger partial charge in [-0.3, -0.25) is 4.79 Å². The molecule has 0 aromatic heterocycles. The molecule has 2 nitrogen and oxygen atoms in total. The number of carbonyl (C=O) groups excluding carboxylic acids is 1. The van der Waals surface area contributed by atoms with Crippen molar-refractivity contribution in [3.05, 3.63) is 35.9 Å². The fourth-order valence-electron chi connectivity index (χ4n) is 2.49. The SMILES string of the molecule is COC(=O)C1(c2cc[c]cc2)CCCC1. The zero-order chi connectivity index (χ0) is 10.7. The first kappa shape index (κ1) is 10.2. The molecule has 15 heavy (non-hydrogen) atoms. The molecule has 1 radical (unpaired) electrons. The number of esters is 1. The largest absolute Gasteiger partial charge is 0.468 e. The molecular weight excluding hydrogens is 188 g/mol. The van der Waals surface area contributed by atoms with Crippen molar-refractivity contribution in [3.63, 3.8) is 0 Å². The van der Waals surface area contributed by atoms with Crippen LogP contribution in [0.15, 0.2) is 24.3 Å². The molecule has 0 aliphatic heterocycles. The van der Waals surface area contributed by atoms with Gasteiger partial charge in [0.1, 0.15) is 0 Å². The highest BCUT2D eigenvalue weighted by molar-refractivity contribution is 5.83. The molecule has 1 aromatic carbocycles. The van der Waals surface area contributed by atoms with E-state index in [9.17, 15) is 4.79 Å². The fraction of sp³-hybridized carbons (Fsp3) is 0.462. The van der Waals surface area contributed by atoms with E-state index in [1.54, 1.807) is 0 Å². The highest BCUT2D eigenvalue weighted by Crippen LogP contribution is 2.41. The molecule has 1 saturated carbocycles. The summed E-state index contributed by atoms with van der Waals surface area (Å²) in [7, 11) is 1.47. The van der Waals surface area contributed by atoms with Gasteiger partial charge >= 0.3 is 5.97 Å². The second-order valence-corrected chi connectivity index (χ2v) is 4.07. The Balaban J connectivity index is 2.39. The van der Waals surface area contributed by atoms with Gasteiger partial charge in [0, 0.05) is 0 Å². The average molecular weight is 203 g/mol. The molecule has 0 bridgehead atoms. The van der Waals surface area contributed by atoms with Crippen molar-refractivity contribution < 1.29 is 9.53 Å². The third kappa shape index (κ3) is 1.65. The van der Waals surface area contributed by atoms with Crippen molar-refractivity contribution in [2.45, 2.75) is 31.1 Å². The van der Waals surface area contributed by atoms with Gasteiger partial charge in [0.15, 0.2) is 0 Å².